The maximum atomic E-state index is 12.4. The largest absolute Gasteiger partial charge is 0.443 e. The fourth-order valence-electron chi connectivity index (χ4n) is 1.57. The Morgan fingerprint density at radius 2 is 2.14 bits per heavy atom. The monoisotopic (exact) mass is 309 g/mol. The van der Waals surface area contributed by atoms with Crippen LogP contribution in [0.5, 0.6) is 0 Å². The van der Waals surface area contributed by atoms with Gasteiger partial charge in [-0.3, -0.25) is 4.68 Å². The van der Waals surface area contributed by atoms with Gasteiger partial charge in [-0.2, -0.15) is 5.10 Å². The molecule has 0 fully saturated rings. The van der Waals surface area contributed by atoms with Gasteiger partial charge in [0.15, 0.2) is 0 Å². The normalized spacial score (nSPS) is 11.3. The number of anilines is 2. The average molecular weight is 310 g/mol. The van der Waals surface area contributed by atoms with E-state index >= 15 is 0 Å². The van der Waals surface area contributed by atoms with Crippen molar-refractivity contribution in [1.82, 2.24) is 19.7 Å². The van der Waals surface area contributed by atoms with Gasteiger partial charge >= 0.3 is 6.09 Å². The minimum atomic E-state index is -0.643. The van der Waals surface area contributed by atoms with E-state index in [2.05, 4.69) is 15.1 Å². The van der Waals surface area contributed by atoms with E-state index in [1.165, 1.54) is 23.4 Å². The highest BCUT2D eigenvalue weighted by molar-refractivity contribution is 6.29. The first-order valence-electron chi connectivity index (χ1n) is 6.26. The molecule has 112 valence electrons. The van der Waals surface area contributed by atoms with Crippen LogP contribution in [0.3, 0.4) is 0 Å². The third-order valence-electron chi connectivity index (χ3n) is 2.33. The molecule has 0 aliphatic heterocycles. The van der Waals surface area contributed by atoms with E-state index in [0.717, 1.165) is 0 Å². The van der Waals surface area contributed by atoms with E-state index in [0.29, 0.717) is 5.69 Å². The number of carbonyl (C=O) groups is 1. The molecule has 1 amide bonds. The number of aryl methyl sites for hydroxylation is 1. The molecule has 0 saturated carbocycles. The van der Waals surface area contributed by atoms with Crippen LogP contribution in [0.25, 0.3) is 0 Å². The molecule has 2 aromatic heterocycles. The Morgan fingerprint density at radius 3 is 2.67 bits per heavy atom. The summed E-state index contributed by atoms with van der Waals surface area (Å²) in [6, 6.07) is 1.53. The van der Waals surface area contributed by atoms with Crippen molar-refractivity contribution in [2.24, 2.45) is 7.05 Å². The predicted octanol–water partition coefficient (Wildman–Crippen LogP) is 2.94. The van der Waals surface area contributed by atoms with Gasteiger partial charge < -0.3 is 4.74 Å². The van der Waals surface area contributed by atoms with Crippen LogP contribution in [-0.2, 0) is 11.8 Å². The van der Waals surface area contributed by atoms with Crippen molar-refractivity contribution in [3.05, 3.63) is 29.8 Å². The maximum Gasteiger partial charge on any atom is 0.422 e. The lowest BCUT2D eigenvalue weighted by molar-refractivity contribution is 0.0597. The molecule has 7 nitrogen and oxygen atoms in total. The number of nitrogens with zero attached hydrogens (tertiary/aromatic N) is 5. The molecule has 2 heterocycles. The molecule has 0 atom stereocenters. The highest BCUT2D eigenvalue weighted by Crippen LogP contribution is 2.25. The highest BCUT2D eigenvalue weighted by atomic mass is 35.5. The number of rotatable bonds is 2. The summed E-state index contributed by atoms with van der Waals surface area (Å²) in [5.41, 5.74) is -0.148. The lowest BCUT2D eigenvalue weighted by Crippen LogP contribution is -2.34. The Kier molecular flexibility index (Phi) is 4.13. The minimum absolute atomic E-state index is 0.129. The van der Waals surface area contributed by atoms with Gasteiger partial charge in [-0.05, 0) is 26.8 Å². The van der Waals surface area contributed by atoms with Gasteiger partial charge in [0, 0.05) is 19.4 Å². The highest BCUT2D eigenvalue weighted by Gasteiger charge is 2.27. The summed E-state index contributed by atoms with van der Waals surface area (Å²) in [7, 11) is 1.75. The Bertz CT molecular complexity index is 650. The van der Waals surface area contributed by atoms with Gasteiger partial charge in [-0.1, -0.05) is 11.6 Å². The lowest BCUT2D eigenvalue weighted by Gasteiger charge is -2.25. The Hall–Kier alpha value is -2.15. The summed E-state index contributed by atoms with van der Waals surface area (Å²) >= 11 is 5.87. The fourth-order valence-corrected chi connectivity index (χ4v) is 1.70. The summed E-state index contributed by atoms with van der Waals surface area (Å²) in [6.07, 6.45) is 4.05. The quantitative estimate of drug-likeness (QED) is 0.797. The van der Waals surface area contributed by atoms with Crippen LogP contribution in [-0.4, -0.2) is 31.4 Å². The molecule has 2 rings (SSSR count). The first-order valence-corrected chi connectivity index (χ1v) is 6.64. The molecule has 2 aromatic rings. The van der Waals surface area contributed by atoms with Gasteiger partial charge in [-0.25, -0.2) is 19.7 Å². The van der Waals surface area contributed by atoms with Gasteiger partial charge in [-0.15, -0.1) is 0 Å². The van der Waals surface area contributed by atoms with Gasteiger partial charge in [0.25, 0.3) is 0 Å². The molecule has 0 bridgehead atoms. The second kappa shape index (κ2) is 5.69. The van der Waals surface area contributed by atoms with Crippen molar-refractivity contribution in [3.8, 4) is 0 Å². The smallest absolute Gasteiger partial charge is 0.422 e. The van der Waals surface area contributed by atoms with Crippen molar-refractivity contribution in [2.45, 2.75) is 26.4 Å². The third-order valence-corrected chi connectivity index (χ3v) is 2.54. The molecule has 0 saturated heterocycles. The van der Waals surface area contributed by atoms with Crippen LogP contribution in [0.4, 0.5) is 16.4 Å². The van der Waals surface area contributed by atoms with Crippen molar-refractivity contribution in [3.63, 3.8) is 0 Å². The minimum Gasteiger partial charge on any atom is -0.443 e. The van der Waals surface area contributed by atoms with Crippen LogP contribution in [0, 0.1) is 0 Å². The SMILES string of the molecule is Cn1cc(N(C(=O)OC(C)(C)C)c2nccc(Cl)n2)cn1. The van der Waals surface area contributed by atoms with Crippen molar-refractivity contribution in [2.75, 3.05) is 4.90 Å². The van der Waals surface area contributed by atoms with Crippen LogP contribution in [0.15, 0.2) is 24.7 Å². The summed E-state index contributed by atoms with van der Waals surface area (Å²) in [5, 5.41) is 4.28. The van der Waals surface area contributed by atoms with Crippen LogP contribution in [0.1, 0.15) is 20.8 Å². The first kappa shape index (κ1) is 15.2. The number of amides is 1. The van der Waals surface area contributed by atoms with Crippen molar-refractivity contribution >= 4 is 29.3 Å². The second-order valence-corrected chi connectivity index (χ2v) is 5.75. The standard InChI is InChI=1S/C13H16ClN5O2/c1-13(2,3)21-12(20)19(9-7-16-18(4)8-9)11-15-6-5-10(14)17-11/h5-8H,1-4H3. The molecule has 0 aromatic carbocycles. The Morgan fingerprint density at radius 1 is 1.43 bits per heavy atom. The predicted molar refractivity (Wildman–Crippen MR) is 78.6 cm³/mol. The van der Waals surface area contributed by atoms with E-state index in [4.69, 9.17) is 16.3 Å². The second-order valence-electron chi connectivity index (χ2n) is 5.37. The van der Waals surface area contributed by atoms with Crippen LogP contribution < -0.4 is 4.90 Å². The molecule has 21 heavy (non-hydrogen) atoms. The molecule has 0 spiro atoms. The summed E-state index contributed by atoms with van der Waals surface area (Å²) in [4.78, 5) is 21.8. The molecule has 0 unspecified atom stereocenters. The molecule has 0 radical (unpaired) electrons. The van der Waals surface area contributed by atoms with Crippen molar-refractivity contribution < 1.29 is 9.53 Å². The van der Waals surface area contributed by atoms with Gasteiger partial charge in [0.1, 0.15) is 10.8 Å². The number of halogens is 1. The first-order chi connectivity index (χ1) is 9.76. The Balaban J connectivity index is 2.42. The number of hydrogen-bond donors (Lipinski definition) is 0. The van der Waals surface area contributed by atoms with E-state index in [1.54, 1.807) is 38.7 Å². The molecule has 0 aliphatic carbocycles. The summed E-state index contributed by atoms with van der Waals surface area (Å²) < 4.78 is 6.95. The van der Waals surface area contributed by atoms with E-state index in [1.807, 2.05) is 0 Å². The Labute approximate surface area is 127 Å². The van der Waals surface area contributed by atoms with E-state index < -0.39 is 11.7 Å². The molecular weight excluding hydrogens is 294 g/mol. The zero-order valence-electron chi connectivity index (χ0n) is 12.2. The summed E-state index contributed by atoms with van der Waals surface area (Å²) in [6.45, 7) is 5.35. The third kappa shape index (κ3) is 3.91. The van der Waals surface area contributed by atoms with Gasteiger partial charge in [0.05, 0.1) is 11.9 Å². The zero-order chi connectivity index (χ0) is 15.6. The van der Waals surface area contributed by atoms with E-state index in [-0.39, 0.29) is 11.1 Å². The molecule has 0 N–H and O–H groups in total. The molecule has 0 aliphatic rings. The van der Waals surface area contributed by atoms with Crippen LogP contribution >= 0.6 is 11.6 Å². The van der Waals surface area contributed by atoms with Crippen molar-refractivity contribution in [1.29, 1.82) is 0 Å². The number of ether oxygens (including phenoxy) is 1. The molecular formula is C13H16ClN5O2. The number of carbonyl (C=O) groups excluding carboxylic acids is 1. The maximum absolute atomic E-state index is 12.4. The lowest BCUT2D eigenvalue weighted by atomic mass is 10.2. The zero-order valence-corrected chi connectivity index (χ0v) is 13.0. The van der Waals surface area contributed by atoms with Crippen LogP contribution in [0.2, 0.25) is 5.15 Å². The summed E-state index contributed by atoms with van der Waals surface area (Å²) in [5.74, 6) is 0.129. The van der Waals surface area contributed by atoms with Gasteiger partial charge in [0.2, 0.25) is 5.95 Å². The molecule has 8 heteroatoms. The number of hydrogen-bond acceptors (Lipinski definition) is 5. The topological polar surface area (TPSA) is 73.1 Å². The number of aromatic nitrogens is 4. The van der Waals surface area contributed by atoms with E-state index in [9.17, 15) is 4.79 Å². The fraction of sp³-hybridized carbons (Fsp3) is 0.385. The average Bonchev–Trinajstić information content (AvgIpc) is 2.73.